The second-order valence-electron chi connectivity index (χ2n) is 15.0. The van der Waals surface area contributed by atoms with Crippen molar-refractivity contribution in [2.75, 3.05) is 5.32 Å². The van der Waals surface area contributed by atoms with Crippen LogP contribution in [-0.2, 0) is 11.8 Å². The fourth-order valence-electron chi connectivity index (χ4n) is 8.39. The van der Waals surface area contributed by atoms with Crippen molar-refractivity contribution in [3.05, 3.63) is 216 Å². The summed E-state index contributed by atoms with van der Waals surface area (Å²) in [5, 5.41) is 6.30. The van der Waals surface area contributed by atoms with Crippen LogP contribution in [0, 0.1) is 0 Å². The molecule has 0 saturated carbocycles. The number of nitrogens with one attached hydrogen (secondary N) is 1. The molecule has 8 aromatic rings. The first-order valence-electron chi connectivity index (χ1n) is 18.8. The molecule has 0 fully saturated rings. The summed E-state index contributed by atoms with van der Waals surface area (Å²) >= 11 is 0. The second kappa shape index (κ2) is 13.7. The zero-order valence-corrected chi connectivity index (χ0v) is 30.4. The monoisotopic (exact) mass is 681 g/mol. The summed E-state index contributed by atoms with van der Waals surface area (Å²) in [4.78, 5) is 0. The molecule has 1 aliphatic carbocycles. The van der Waals surface area contributed by atoms with Gasteiger partial charge in [-0.2, -0.15) is 0 Å². The van der Waals surface area contributed by atoms with Crippen molar-refractivity contribution in [1.82, 2.24) is 0 Å². The molecule has 0 aromatic heterocycles. The average Bonchev–Trinajstić information content (AvgIpc) is 3.43. The van der Waals surface area contributed by atoms with E-state index in [9.17, 15) is 0 Å². The molecule has 0 aliphatic heterocycles. The molecule has 8 aromatic carbocycles. The van der Waals surface area contributed by atoms with Crippen molar-refractivity contribution >= 4 is 22.1 Å². The molecule has 1 heteroatoms. The summed E-state index contributed by atoms with van der Waals surface area (Å²) in [5.74, 6) is 0.335. The van der Waals surface area contributed by atoms with Gasteiger partial charge in [-0.1, -0.05) is 172 Å². The van der Waals surface area contributed by atoms with E-state index >= 15 is 0 Å². The molecule has 1 atom stereocenters. The van der Waals surface area contributed by atoms with Gasteiger partial charge in [0.1, 0.15) is 0 Å². The van der Waals surface area contributed by atoms with Crippen molar-refractivity contribution in [2.45, 2.75) is 38.0 Å². The summed E-state index contributed by atoms with van der Waals surface area (Å²) in [7, 11) is 0. The molecular formula is C52H43N. The highest BCUT2D eigenvalue weighted by Gasteiger charge is 2.35. The van der Waals surface area contributed by atoms with E-state index in [-0.39, 0.29) is 5.41 Å². The highest BCUT2D eigenvalue weighted by Crippen LogP contribution is 2.50. The predicted octanol–water partition coefficient (Wildman–Crippen LogP) is 14.0. The van der Waals surface area contributed by atoms with Crippen LogP contribution in [-0.4, -0.2) is 0 Å². The lowest BCUT2D eigenvalue weighted by atomic mass is 9.81. The zero-order valence-electron chi connectivity index (χ0n) is 30.4. The van der Waals surface area contributed by atoms with Crippen LogP contribution in [0.1, 0.15) is 54.0 Å². The zero-order chi connectivity index (χ0) is 35.8. The minimum atomic E-state index is -0.0941. The molecule has 53 heavy (non-hydrogen) atoms. The van der Waals surface area contributed by atoms with E-state index in [1.807, 2.05) is 0 Å². The van der Waals surface area contributed by atoms with Crippen molar-refractivity contribution in [3.8, 4) is 33.4 Å². The number of fused-ring (bicyclic) bond motifs is 4. The Hall–Kier alpha value is -6.18. The first kappa shape index (κ1) is 32.7. The Labute approximate surface area is 313 Å². The average molecular weight is 682 g/mol. The van der Waals surface area contributed by atoms with Gasteiger partial charge in [-0.25, -0.2) is 0 Å². The van der Waals surface area contributed by atoms with E-state index in [1.54, 1.807) is 0 Å². The molecule has 256 valence electrons. The first-order valence-corrected chi connectivity index (χ1v) is 18.8. The van der Waals surface area contributed by atoms with Gasteiger partial charge in [0.2, 0.25) is 0 Å². The van der Waals surface area contributed by atoms with E-state index in [4.69, 9.17) is 0 Å². The molecule has 0 heterocycles. The van der Waals surface area contributed by atoms with Gasteiger partial charge in [-0.3, -0.25) is 0 Å². The number of benzene rings is 8. The van der Waals surface area contributed by atoms with E-state index in [1.165, 1.54) is 72.0 Å². The maximum Gasteiger partial charge on any atom is 0.0387 e. The summed E-state index contributed by atoms with van der Waals surface area (Å²) in [6, 6.07) is 68.9. The third-order valence-corrected chi connectivity index (χ3v) is 11.3. The molecule has 1 aliphatic rings. The van der Waals surface area contributed by atoms with Crippen molar-refractivity contribution in [3.63, 3.8) is 0 Å². The minimum absolute atomic E-state index is 0.0941. The molecule has 0 saturated heterocycles. The molecule has 1 nitrogen and oxygen atoms in total. The summed E-state index contributed by atoms with van der Waals surface area (Å²) < 4.78 is 0. The van der Waals surface area contributed by atoms with Crippen LogP contribution in [0.15, 0.2) is 188 Å². The molecule has 0 bridgehead atoms. The quantitative estimate of drug-likeness (QED) is 0.160. The van der Waals surface area contributed by atoms with E-state index in [0.29, 0.717) is 5.92 Å². The molecule has 1 N–H and O–H groups in total. The van der Waals surface area contributed by atoms with Crippen LogP contribution >= 0.6 is 0 Å². The highest BCUT2D eigenvalue weighted by atomic mass is 14.9. The van der Waals surface area contributed by atoms with Crippen LogP contribution < -0.4 is 5.32 Å². The van der Waals surface area contributed by atoms with Crippen molar-refractivity contribution in [1.29, 1.82) is 0 Å². The van der Waals surface area contributed by atoms with Gasteiger partial charge in [0.05, 0.1) is 0 Å². The van der Waals surface area contributed by atoms with E-state index in [0.717, 1.165) is 24.2 Å². The standard InChI is InChI=1S/C52H43N/c1-52(2)50-32-36(20-29-47(40-15-7-4-8-16-40)44-23-22-38-14-9-10-17-41(38)34-44)21-30-48(50)49-31-28-46(35-51(49)52)53-45-26-24-39(25-27-45)43-19-11-18-42(33-43)37-12-5-3-6-13-37/h3-19,21-28,30-35,47,53H,20,29H2,1-2H3. The number of hydrogen-bond acceptors (Lipinski definition) is 1. The Morgan fingerprint density at radius 2 is 1.04 bits per heavy atom. The lowest BCUT2D eigenvalue weighted by Gasteiger charge is -2.23. The van der Waals surface area contributed by atoms with Crippen LogP contribution in [0.5, 0.6) is 0 Å². The van der Waals surface area contributed by atoms with Gasteiger partial charge in [0, 0.05) is 22.7 Å². The Morgan fingerprint density at radius 3 is 1.79 bits per heavy atom. The molecule has 9 rings (SSSR count). The normalized spacial score (nSPS) is 13.3. The van der Waals surface area contributed by atoms with Gasteiger partial charge in [0.25, 0.3) is 0 Å². The molecule has 1 unspecified atom stereocenters. The maximum atomic E-state index is 3.70. The molecule has 0 amide bonds. The minimum Gasteiger partial charge on any atom is -0.356 e. The Kier molecular flexibility index (Phi) is 8.49. The number of aryl methyl sites for hydroxylation is 1. The molecule has 0 spiro atoms. The molecular weight excluding hydrogens is 639 g/mol. The van der Waals surface area contributed by atoms with Crippen molar-refractivity contribution in [2.24, 2.45) is 0 Å². The fourth-order valence-corrected chi connectivity index (χ4v) is 8.39. The van der Waals surface area contributed by atoms with Crippen molar-refractivity contribution < 1.29 is 0 Å². The van der Waals surface area contributed by atoms with Gasteiger partial charge >= 0.3 is 0 Å². The van der Waals surface area contributed by atoms with Crippen LogP contribution in [0.3, 0.4) is 0 Å². The number of hydrogen-bond donors (Lipinski definition) is 1. The second-order valence-corrected chi connectivity index (χ2v) is 15.0. The lowest BCUT2D eigenvalue weighted by molar-refractivity contribution is 0.657. The summed E-state index contributed by atoms with van der Waals surface area (Å²) in [6.45, 7) is 4.76. The molecule has 0 radical (unpaired) electrons. The van der Waals surface area contributed by atoms with Crippen LogP contribution in [0.2, 0.25) is 0 Å². The van der Waals surface area contributed by atoms with Crippen LogP contribution in [0.4, 0.5) is 11.4 Å². The van der Waals surface area contributed by atoms with Gasteiger partial charge in [-0.15, -0.1) is 0 Å². The maximum absolute atomic E-state index is 3.70. The third kappa shape index (κ3) is 6.45. The summed E-state index contributed by atoms with van der Waals surface area (Å²) in [5.41, 5.74) is 16.7. The topological polar surface area (TPSA) is 12.0 Å². The van der Waals surface area contributed by atoms with Gasteiger partial charge in [-0.05, 0) is 115 Å². The third-order valence-electron chi connectivity index (χ3n) is 11.3. The van der Waals surface area contributed by atoms with E-state index in [2.05, 4.69) is 207 Å². The predicted molar refractivity (Wildman–Crippen MR) is 225 cm³/mol. The fraction of sp³-hybridized carbons (Fsp3) is 0.115. The first-order chi connectivity index (χ1) is 26.0. The van der Waals surface area contributed by atoms with Gasteiger partial charge in [0.15, 0.2) is 0 Å². The van der Waals surface area contributed by atoms with Crippen LogP contribution in [0.25, 0.3) is 44.2 Å². The lowest BCUT2D eigenvalue weighted by Crippen LogP contribution is -2.15. The highest BCUT2D eigenvalue weighted by molar-refractivity contribution is 5.84. The summed E-state index contributed by atoms with van der Waals surface area (Å²) in [6.07, 6.45) is 2.07. The van der Waals surface area contributed by atoms with Gasteiger partial charge < -0.3 is 5.32 Å². The Balaban J connectivity index is 0.929. The Morgan fingerprint density at radius 1 is 0.434 bits per heavy atom. The van der Waals surface area contributed by atoms with E-state index < -0.39 is 0 Å². The Bertz CT molecular complexity index is 2550. The number of anilines is 2. The number of rotatable bonds is 9. The SMILES string of the molecule is CC1(C)c2cc(CCC(c3ccccc3)c3ccc4ccccc4c3)ccc2-c2ccc(Nc3ccc(-c4cccc(-c5ccccc5)c4)cc3)cc21. The smallest absolute Gasteiger partial charge is 0.0387 e. The largest absolute Gasteiger partial charge is 0.356 e.